The maximum absolute atomic E-state index is 13.0. The summed E-state index contributed by atoms with van der Waals surface area (Å²) in [5, 5.41) is 1.91. The molecule has 2 heteroatoms. The number of rotatable bonds is 4. The Morgan fingerprint density at radius 2 is 2.19 bits per heavy atom. The van der Waals surface area contributed by atoms with Gasteiger partial charge >= 0.3 is 0 Å². The summed E-state index contributed by atoms with van der Waals surface area (Å²) in [6.07, 6.45) is 5.16. The summed E-state index contributed by atoms with van der Waals surface area (Å²) in [4.78, 5) is 0. The van der Waals surface area contributed by atoms with E-state index in [0.717, 1.165) is 23.0 Å². The van der Waals surface area contributed by atoms with Crippen LogP contribution in [0.25, 0.3) is 10.8 Å². The van der Waals surface area contributed by atoms with Crippen LogP contribution in [0.2, 0.25) is 0 Å². The fraction of sp³-hybridized carbons (Fsp3) is 0.429. The van der Waals surface area contributed by atoms with Crippen molar-refractivity contribution in [2.24, 2.45) is 0 Å². The predicted octanol–water partition coefficient (Wildman–Crippen LogP) is 4.87. The van der Waals surface area contributed by atoms with Crippen molar-refractivity contribution in [3.8, 4) is 0 Å². The van der Waals surface area contributed by atoms with Crippen molar-refractivity contribution >= 4 is 10.8 Å². The molecule has 0 saturated heterocycles. The van der Waals surface area contributed by atoms with E-state index >= 15 is 0 Å². The van der Waals surface area contributed by atoms with Gasteiger partial charge in [-0.3, -0.25) is 0 Å². The molecule has 0 aliphatic heterocycles. The zero-order valence-corrected chi connectivity index (χ0v) is 9.79. The molecule has 0 amide bonds. The van der Waals surface area contributed by atoms with Crippen LogP contribution in [0.15, 0.2) is 28.9 Å². The summed E-state index contributed by atoms with van der Waals surface area (Å²) in [6.45, 7) is 4.35. The number of furan rings is 1. The van der Waals surface area contributed by atoms with E-state index in [4.69, 9.17) is 4.42 Å². The Kier molecular flexibility index (Phi) is 3.28. The second-order valence-electron chi connectivity index (χ2n) is 4.37. The highest BCUT2D eigenvalue weighted by Crippen LogP contribution is 2.30. The van der Waals surface area contributed by atoms with Crippen LogP contribution in [0.1, 0.15) is 44.8 Å². The maximum atomic E-state index is 13.0. The van der Waals surface area contributed by atoms with E-state index in [1.165, 1.54) is 25.0 Å². The Morgan fingerprint density at radius 1 is 1.38 bits per heavy atom. The highest BCUT2D eigenvalue weighted by Gasteiger charge is 2.13. The van der Waals surface area contributed by atoms with Gasteiger partial charge in [0.2, 0.25) is 0 Å². The molecule has 1 unspecified atom stereocenters. The lowest BCUT2D eigenvalue weighted by Gasteiger charge is -2.07. The molecular weight excluding hydrogens is 203 g/mol. The average molecular weight is 220 g/mol. The SMILES string of the molecule is CCCCC(C)c1occ2cc(F)ccc12. The summed E-state index contributed by atoms with van der Waals surface area (Å²) < 4.78 is 18.6. The molecule has 1 aromatic carbocycles. The van der Waals surface area contributed by atoms with Crippen LogP contribution >= 0.6 is 0 Å². The molecule has 1 aromatic heterocycles. The van der Waals surface area contributed by atoms with E-state index in [9.17, 15) is 4.39 Å². The van der Waals surface area contributed by atoms with Gasteiger partial charge in [-0.2, -0.15) is 0 Å². The molecule has 0 saturated carbocycles. The molecule has 0 aliphatic carbocycles. The van der Waals surface area contributed by atoms with Crippen molar-refractivity contribution in [1.82, 2.24) is 0 Å². The van der Waals surface area contributed by atoms with Crippen molar-refractivity contribution in [2.75, 3.05) is 0 Å². The molecule has 2 rings (SSSR count). The zero-order valence-electron chi connectivity index (χ0n) is 9.79. The molecule has 0 fully saturated rings. The fourth-order valence-electron chi connectivity index (χ4n) is 2.07. The summed E-state index contributed by atoms with van der Waals surface area (Å²) in [7, 11) is 0. The third-order valence-corrected chi connectivity index (χ3v) is 3.03. The van der Waals surface area contributed by atoms with Crippen molar-refractivity contribution in [3.05, 3.63) is 36.0 Å². The minimum Gasteiger partial charge on any atom is -0.468 e. The van der Waals surface area contributed by atoms with Gasteiger partial charge in [0.15, 0.2) is 0 Å². The Hall–Kier alpha value is -1.31. The summed E-state index contributed by atoms with van der Waals surface area (Å²) in [5.41, 5.74) is 0. The Balaban J connectivity index is 2.31. The largest absolute Gasteiger partial charge is 0.468 e. The number of hydrogen-bond donors (Lipinski definition) is 0. The highest BCUT2D eigenvalue weighted by atomic mass is 19.1. The van der Waals surface area contributed by atoms with Gasteiger partial charge in [-0.1, -0.05) is 26.7 Å². The van der Waals surface area contributed by atoms with E-state index in [-0.39, 0.29) is 5.82 Å². The van der Waals surface area contributed by atoms with Crippen LogP contribution in [-0.2, 0) is 0 Å². The van der Waals surface area contributed by atoms with Gasteiger partial charge in [-0.05, 0) is 24.6 Å². The number of fused-ring (bicyclic) bond motifs is 1. The molecule has 1 atom stereocenters. The second-order valence-corrected chi connectivity index (χ2v) is 4.37. The Labute approximate surface area is 95.3 Å². The molecule has 86 valence electrons. The first-order valence-electron chi connectivity index (χ1n) is 5.89. The standard InChI is InChI=1S/C14H17FO/c1-3-4-5-10(2)14-13-7-6-12(15)8-11(13)9-16-14/h6-10H,3-5H2,1-2H3. The molecule has 0 spiro atoms. The van der Waals surface area contributed by atoms with Gasteiger partial charge in [0.1, 0.15) is 11.6 Å². The van der Waals surface area contributed by atoms with E-state index in [1.807, 2.05) is 6.07 Å². The van der Waals surface area contributed by atoms with Crippen LogP contribution in [0.3, 0.4) is 0 Å². The van der Waals surface area contributed by atoms with Crippen molar-refractivity contribution in [2.45, 2.75) is 39.0 Å². The van der Waals surface area contributed by atoms with Gasteiger partial charge in [0, 0.05) is 16.7 Å². The van der Waals surface area contributed by atoms with E-state index in [0.29, 0.717) is 5.92 Å². The lowest BCUT2D eigenvalue weighted by molar-refractivity contribution is 0.459. The van der Waals surface area contributed by atoms with Crippen molar-refractivity contribution in [3.63, 3.8) is 0 Å². The molecule has 16 heavy (non-hydrogen) atoms. The lowest BCUT2D eigenvalue weighted by atomic mass is 9.99. The van der Waals surface area contributed by atoms with Gasteiger partial charge in [-0.25, -0.2) is 4.39 Å². The highest BCUT2D eigenvalue weighted by molar-refractivity contribution is 5.84. The van der Waals surface area contributed by atoms with E-state index in [2.05, 4.69) is 13.8 Å². The predicted molar refractivity (Wildman–Crippen MR) is 64.1 cm³/mol. The Bertz CT molecular complexity index is 473. The summed E-state index contributed by atoms with van der Waals surface area (Å²) in [6, 6.07) is 4.83. The van der Waals surface area contributed by atoms with Crippen LogP contribution in [0, 0.1) is 5.82 Å². The van der Waals surface area contributed by atoms with Crippen molar-refractivity contribution < 1.29 is 8.81 Å². The molecular formula is C14H17FO. The number of benzene rings is 1. The molecule has 2 aromatic rings. The van der Waals surface area contributed by atoms with Crippen LogP contribution in [0.4, 0.5) is 4.39 Å². The zero-order chi connectivity index (χ0) is 11.5. The van der Waals surface area contributed by atoms with E-state index in [1.54, 1.807) is 6.26 Å². The number of hydrogen-bond acceptors (Lipinski definition) is 1. The topological polar surface area (TPSA) is 13.1 Å². The van der Waals surface area contributed by atoms with Crippen LogP contribution < -0.4 is 0 Å². The fourth-order valence-corrected chi connectivity index (χ4v) is 2.07. The van der Waals surface area contributed by atoms with E-state index < -0.39 is 0 Å². The first-order chi connectivity index (χ1) is 7.72. The maximum Gasteiger partial charge on any atom is 0.123 e. The van der Waals surface area contributed by atoms with Gasteiger partial charge < -0.3 is 4.42 Å². The first kappa shape index (κ1) is 11.2. The third-order valence-electron chi connectivity index (χ3n) is 3.03. The normalized spacial score (nSPS) is 13.2. The quantitative estimate of drug-likeness (QED) is 0.716. The van der Waals surface area contributed by atoms with Crippen LogP contribution in [0.5, 0.6) is 0 Å². The third kappa shape index (κ3) is 2.11. The summed E-state index contributed by atoms with van der Waals surface area (Å²) in [5.74, 6) is 1.19. The molecule has 0 bridgehead atoms. The van der Waals surface area contributed by atoms with Gasteiger partial charge in [0.25, 0.3) is 0 Å². The molecule has 0 aliphatic rings. The monoisotopic (exact) mass is 220 g/mol. The lowest BCUT2D eigenvalue weighted by Crippen LogP contribution is -1.91. The van der Waals surface area contributed by atoms with Gasteiger partial charge in [0.05, 0.1) is 6.26 Å². The average Bonchev–Trinajstić information content (AvgIpc) is 2.68. The van der Waals surface area contributed by atoms with Gasteiger partial charge in [-0.15, -0.1) is 0 Å². The first-order valence-corrected chi connectivity index (χ1v) is 5.89. The van der Waals surface area contributed by atoms with Crippen LogP contribution in [-0.4, -0.2) is 0 Å². The number of unbranched alkanes of at least 4 members (excludes halogenated alkanes) is 1. The number of halogens is 1. The molecule has 0 radical (unpaired) electrons. The minimum atomic E-state index is -0.207. The Morgan fingerprint density at radius 3 is 2.94 bits per heavy atom. The van der Waals surface area contributed by atoms with Crippen molar-refractivity contribution in [1.29, 1.82) is 0 Å². The molecule has 1 heterocycles. The minimum absolute atomic E-state index is 0.207. The molecule has 0 N–H and O–H groups in total. The summed E-state index contributed by atoms with van der Waals surface area (Å²) >= 11 is 0. The second kappa shape index (κ2) is 4.69. The smallest absolute Gasteiger partial charge is 0.123 e. The molecule has 1 nitrogen and oxygen atoms in total.